The molecule has 242 valence electrons. The Bertz CT molecular complexity index is 2820. The molecule has 0 aliphatic rings. The van der Waals surface area contributed by atoms with Gasteiger partial charge in [0.25, 0.3) is 0 Å². The van der Waals surface area contributed by atoms with Crippen LogP contribution in [0.1, 0.15) is 0 Å². The van der Waals surface area contributed by atoms with Crippen molar-refractivity contribution in [2.24, 2.45) is 0 Å². The van der Waals surface area contributed by atoms with Crippen LogP contribution < -0.4 is 0 Å². The third-order valence-corrected chi connectivity index (χ3v) is 9.92. The van der Waals surface area contributed by atoms with Crippen LogP contribution in [0.5, 0.6) is 0 Å². The van der Waals surface area contributed by atoms with Gasteiger partial charge in [0, 0.05) is 39.2 Å². The Morgan fingerprint density at radius 2 is 0.788 bits per heavy atom. The summed E-state index contributed by atoms with van der Waals surface area (Å²) in [5.74, 6) is 0.707. The molecule has 7 aromatic carbocycles. The van der Waals surface area contributed by atoms with E-state index in [-0.39, 0.29) is 0 Å². The van der Waals surface area contributed by atoms with E-state index in [1.165, 1.54) is 5.56 Å². The molecule has 0 amide bonds. The predicted molar refractivity (Wildman–Crippen MR) is 215 cm³/mol. The molecule has 0 fully saturated rings. The zero-order chi connectivity index (χ0) is 34.4. The SMILES string of the molecule is c1ccc(-c2cc(-c3ccccc3)nc(-c3c4ccccc4c(-c4ccc(-c5ccc6ccc7cccnc7c6n5)cc4)c4ccccc34)n2)cc1. The second-order valence-electron chi connectivity index (χ2n) is 13.0. The maximum Gasteiger partial charge on any atom is 0.161 e. The number of fused-ring (bicyclic) bond motifs is 5. The Kier molecular flexibility index (Phi) is 7.10. The van der Waals surface area contributed by atoms with Crippen molar-refractivity contribution in [2.45, 2.75) is 0 Å². The molecule has 0 atom stereocenters. The molecular weight excluding hydrogens is 633 g/mol. The van der Waals surface area contributed by atoms with Gasteiger partial charge in [-0.2, -0.15) is 0 Å². The van der Waals surface area contributed by atoms with Crippen molar-refractivity contribution in [1.29, 1.82) is 0 Å². The quantitative estimate of drug-likeness (QED) is 0.136. The van der Waals surface area contributed by atoms with Crippen LogP contribution in [0, 0.1) is 0 Å². The molecule has 0 aliphatic carbocycles. The van der Waals surface area contributed by atoms with Crippen LogP contribution in [0.15, 0.2) is 182 Å². The van der Waals surface area contributed by atoms with Crippen LogP contribution in [0.3, 0.4) is 0 Å². The molecule has 0 saturated carbocycles. The predicted octanol–water partition coefficient (Wildman–Crippen LogP) is 12.2. The van der Waals surface area contributed by atoms with Gasteiger partial charge < -0.3 is 0 Å². The van der Waals surface area contributed by atoms with E-state index >= 15 is 0 Å². The van der Waals surface area contributed by atoms with Crippen LogP contribution in [0.4, 0.5) is 0 Å². The van der Waals surface area contributed by atoms with Gasteiger partial charge in [0.15, 0.2) is 5.82 Å². The summed E-state index contributed by atoms with van der Waals surface area (Å²) >= 11 is 0. The summed E-state index contributed by atoms with van der Waals surface area (Å²) in [6.07, 6.45) is 1.83. The van der Waals surface area contributed by atoms with Crippen molar-refractivity contribution in [3.8, 4) is 56.3 Å². The first-order valence-electron chi connectivity index (χ1n) is 17.5. The van der Waals surface area contributed by atoms with E-state index in [9.17, 15) is 0 Å². The van der Waals surface area contributed by atoms with E-state index in [0.717, 1.165) is 88.2 Å². The highest BCUT2D eigenvalue weighted by atomic mass is 14.9. The topological polar surface area (TPSA) is 51.6 Å². The van der Waals surface area contributed by atoms with Gasteiger partial charge >= 0.3 is 0 Å². The van der Waals surface area contributed by atoms with E-state index in [0.29, 0.717) is 5.82 Å². The number of hydrogen-bond acceptors (Lipinski definition) is 4. The molecule has 52 heavy (non-hydrogen) atoms. The Hall–Kier alpha value is -7.04. The van der Waals surface area contributed by atoms with Gasteiger partial charge in [-0.25, -0.2) is 15.0 Å². The summed E-state index contributed by atoms with van der Waals surface area (Å²) in [5, 5.41) is 6.70. The Morgan fingerprint density at radius 3 is 1.38 bits per heavy atom. The molecule has 4 nitrogen and oxygen atoms in total. The lowest BCUT2D eigenvalue weighted by Crippen LogP contribution is -1.98. The van der Waals surface area contributed by atoms with Gasteiger partial charge in [0.2, 0.25) is 0 Å². The summed E-state index contributed by atoms with van der Waals surface area (Å²) in [6, 6.07) is 61.4. The van der Waals surface area contributed by atoms with E-state index in [2.05, 4.69) is 163 Å². The van der Waals surface area contributed by atoms with E-state index < -0.39 is 0 Å². The van der Waals surface area contributed by atoms with Crippen molar-refractivity contribution in [3.63, 3.8) is 0 Å². The van der Waals surface area contributed by atoms with Crippen LogP contribution in [0.25, 0.3) is 99.6 Å². The van der Waals surface area contributed by atoms with Crippen molar-refractivity contribution in [2.75, 3.05) is 0 Å². The zero-order valence-corrected chi connectivity index (χ0v) is 28.1. The lowest BCUT2D eigenvalue weighted by Gasteiger charge is -2.18. The maximum absolute atomic E-state index is 5.27. The normalized spacial score (nSPS) is 11.5. The molecule has 0 aliphatic heterocycles. The Morgan fingerprint density at radius 1 is 0.308 bits per heavy atom. The molecule has 0 bridgehead atoms. The molecule has 0 N–H and O–H groups in total. The van der Waals surface area contributed by atoms with Crippen molar-refractivity contribution < 1.29 is 0 Å². The molecular formula is C48H30N4. The second kappa shape index (κ2) is 12.4. The molecule has 3 aromatic heterocycles. The highest BCUT2D eigenvalue weighted by molar-refractivity contribution is 6.21. The minimum Gasteiger partial charge on any atom is -0.254 e. The lowest BCUT2D eigenvalue weighted by atomic mass is 9.87. The fraction of sp³-hybridized carbons (Fsp3) is 0. The number of benzene rings is 7. The fourth-order valence-electron chi connectivity index (χ4n) is 7.45. The van der Waals surface area contributed by atoms with Gasteiger partial charge in [0.05, 0.1) is 28.1 Å². The molecule has 0 spiro atoms. The van der Waals surface area contributed by atoms with Crippen LogP contribution in [0.2, 0.25) is 0 Å². The second-order valence-corrected chi connectivity index (χ2v) is 13.0. The maximum atomic E-state index is 5.27. The first kappa shape index (κ1) is 29.8. The highest BCUT2D eigenvalue weighted by Crippen LogP contribution is 2.44. The molecule has 0 unspecified atom stereocenters. The van der Waals surface area contributed by atoms with Crippen molar-refractivity contribution >= 4 is 43.4 Å². The van der Waals surface area contributed by atoms with Crippen molar-refractivity contribution in [1.82, 2.24) is 19.9 Å². The minimum absolute atomic E-state index is 0.707. The summed E-state index contributed by atoms with van der Waals surface area (Å²) in [6.45, 7) is 0. The standard InChI is InChI=1S/C48H30N4/c1-3-12-31(13-4-1)42-30-43(32-14-5-2-6-15-32)52-48(51-42)45-39-19-9-7-17-37(39)44(38-18-8-10-20-40(38)45)34-23-21-33(22-24-34)41-28-27-36-26-25-35-16-11-29-49-46(35)47(36)50-41/h1-30H. The van der Waals surface area contributed by atoms with E-state index in [1.807, 2.05) is 24.4 Å². The molecule has 3 heterocycles. The molecule has 0 saturated heterocycles. The lowest BCUT2D eigenvalue weighted by molar-refractivity contribution is 1.19. The number of nitrogens with zero attached hydrogens (tertiary/aromatic N) is 4. The van der Waals surface area contributed by atoms with Gasteiger partial charge in [-0.15, -0.1) is 0 Å². The monoisotopic (exact) mass is 662 g/mol. The number of rotatable bonds is 5. The summed E-state index contributed by atoms with van der Waals surface area (Å²) < 4.78 is 0. The largest absolute Gasteiger partial charge is 0.254 e. The minimum atomic E-state index is 0.707. The van der Waals surface area contributed by atoms with Gasteiger partial charge in [-0.05, 0) is 50.9 Å². The highest BCUT2D eigenvalue weighted by Gasteiger charge is 2.20. The fourth-order valence-corrected chi connectivity index (χ4v) is 7.45. The van der Waals surface area contributed by atoms with Crippen LogP contribution >= 0.6 is 0 Å². The molecule has 10 aromatic rings. The van der Waals surface area contributed by atoms with Crippen molar-refractivity contribution in [3.05, 3.63) is 182 Å². The molecule has 4 heteroatoms. The summed E-state index contributed by atoms with van der Waals surface area (Å²) in [5.41, 5.74) is 11.1. The third-order valence-electron chi connectivity index (χ3n) is 9.92. The summed E-state index contributed by atoms with van der Waals surface area (Å²) in [4.78, 5) is 20.3. The first-order chi connectivity index (χ1) is 25.8. The average molecular weight is 663 g/mol. The Balaban J connectivity index is 1.16. The van der Waals surface area contributed by atoms with Gasteiger partial charge in [-0.1, -0.05) is 158 Å². The van der Waals surface area contributed by atoms with Crippen LogP contribution in [-0.4, -0.2) is 19.9 Å². The summed E-state index contributed by atoms with van der Waals surface area (Å²) in [7, 11) is 0. The van der Waals surface area contributed by atoms with Crippen LogP contribution in [-0.2, 0) is 0 Å². The van der Waals surface area contributed by atoms with Gasteiger partial charge in [0.1, 0.15) is 0 Å². The average Bonchev–Trinajstić information content (AvgIpc) is 3.23. The van der Waals surface area contributed by atoms with Gasteiger partial charge in [-0.3, -0.25) is 4.98 Å². The Labute approximate surface area is 300 Å². The number of pyridine rings is 2. The third kappa shape index (κ3) is 5.09. The van der Waals surface area contributed by atoms with E-state index in [1.54, 1.807) is 0 Å². The molecule has 10 rings (SSSR count). The number of aromatic nitrogens is 4. The smallest absolute Gasteiger partial charge is 0.161 e. The molecule has 0 radical (unpaired) electrons. The first-order valence-corrected chi connectivity index (χ1v) is 17.5. The zero-order valence-electron chi connectivity index (χ0n) is 28.1. The van der Waals surface area contributed by atoms with E-state index in [4.69, 9.17) is 15.0 Å². The number of hydrogen-bond donors (Lipinski definition) is 0.